The van der Waals surface area contributed by atoms with E-state index in [4.69, 9.17) is 0 Å². The summed E-state index contributed by atoms with van der Waals surface area (Å²) in [4.78, 5) is 30.3. The molecule has 12 atom stereocenters. The van der Waals surface area contributed by atoms with Crippen LogP contribution in [0.3, 0.4) is 0 Å². The smallest absolute Gasteiger partial charge is 0.223 e. The first-order chi connectivity index (χ1) is 20.7. The second-order valence-electron chi connectivity index (χ2n) is 16.9. The van der Waals surface area contributed by atoms with Crippen molar-refractivity contribution in [3.63, 3.8) is 0 Å². The summed E-state index contributed by atoms with van der Waals surface area (Å²) in [7, 11) is 4.21. The van der Waals surface area contributed by atoms with Gasteiger partial charge in [0.2, 0.25) is 5.91 Å². The number of nitrogens with zero attached hydrogens (tertiary/aromatic N) is 1. The van der Waals surface area contributed by atoms with Gasteiger partial charge in [0.1, 0.15) is 5.78 Å². The summed E-state index contributed by atoms with van der Waals surface area (Å²) in [6, 6.07) is 10.9. The van der Waals surface area contributed by atoms with Gasteiger partial charge in [-0.3, -0.25) is 9.59 Å². The van der Waals surface area contributed by atoms with Crippen molar-refractivity contribution in [2.75, 3.05) is 20.6 Å². The van der Waals surface area contributed by atoms with Crippen molar-refractivity contribution in [1.29, 1.82) is 0 Å². The molecule has 0 bridgehead atoms. The fourth-order valence-electron chi connectivity index (χ4n) is 12.2. The highest BCUT2D eigenvalue weighted by Gasteiger charge is 2.86. The number of Topliss-reactive ketones (excluding diaryl/α,β-unsaturated/α-hetero) is 1. The molecule has 6 rings (SSSR count). The molecular formula is C38H59N3O3. The Morgan fingerprint density at radius 2 is 1.73 bits per heavy atom. The van der Waals surface area contributed by atoms with Gasteiger partial charge < -0.3 is 20.6 Å². The van der Waals surface area contributed by atoms with Crippen LogP contribution >= 0.6 is 0 Å². The Labute approximate surface area is 266 Å². The predicted molar refractivity (Wildman–Crippen MR) is 176 cm³/mol. The molecule has 244 valence electrons. The van der Waals surface area contributed by atoms with E-state index in [1.54, 1.807) is 0 Å². The number of hydrogen-bond acceptors (Lipinski definition) is 5. The molecule has 0 radical (unpaired) electrons. The van der Waals surface area contributed by atoms with E-state index in [2.05, 4.69) is 94.6 Å². The fraction of sp³-hybridized carbons (Fsp3) is 0.789. The number of carbonyl (C=O) groups excluding carboxylic acids is 2. The lowest BCUT2D eigenvalue weighted by Gasteiger charge is -2.63. The molecule has 6 heteroatoms. The van der Waals surface area contributed by atoms with Gasteiger partial charge in [0.15, 0.2) is 0 Å². The van der Waals surface area contributed by atoms with Crippen LogP contribution in [0.25, 0.3) is 0 Å². The molecule has 5 aliphatic rings. The van der Waals surface area contributed by atoms with Gasteiger partial charge in [-0.1, -0.05) is 65.0 Å². The van der Waals surface area contributed by atoms with E-state index in [1.807, 2.05) is 6.92 Å². The molecule has 0 unspecified atom stereocenters. The number of hydrogen-bond donors (Lipinski definition) is 3. The maximum atomic E-state index is 14.8. The quantitative estimate of drug-likeness (QED) is 0.330. The molecule has 0 saturated heterocycles. The number of aliphatic hydroxyl groups is 1. The van der Waals surface area contributed by atoms with Gasteiger partial charge in [-0.15, -0.1) is 0 Å². The minimum Gasteiger partial charge on any atom is -0.393 e. The van der Waals surface area contributed by atoms with Crippen molar-refractivity contribution in [2.24, 2.45) is 50.7 Å². The van der Waals surface area contributed by atoms with Crippen molar-refractivity contribution in [1.82, 2.24) is 15.5 Å². The van der Waals surface area contributed by atoms with Crippen LogP contribution in [0.5, 0.6) is 0 Å². The van der Waals surface area contributed by atoms with Crippen molar-refractivity contribution in [3.8, 4) is 0 Å². The Hall–Kier alpha value is -1.76. The van der Waals surface area contributed by atoms with Crippen molar-refractivity contribution in [3.05, 3.63) is 35.9 Å². The summed E-state index contributed by atoms with van der Waals surface area (Å²) in [5, 5.41) is 19.0. The standard InChI is InChI=1S/C38H59N3O3/c1-9-24(2)33(44)40-30-17-18-37-22-38(37)29(16-15-28(37)34(30,4)23-39-21-26-13-11-10-12-14-26)35(5)19-27(42)32(25(3)41(7)8)36(35,6)20-31(38)43/h10-14,24-25,27-30,32,39,42H,9,15-23H2,1-8H3,(H,40,44)/t24-,25-,27+,28-,29-,30-,32-,34-,35-,36+,37+,38-/m0/s1. The summed E-state index contributed by atoms with van der Waals surface area (Å²) >= 11 is 0. The van der Waals surface area contributed by atoms with Gasteiger partial charge in [0.25, 0.3) is 0 Å². The third kappa shape index (κ3) is 4.29. The summed E-state index contributed by atoms with van der Waals surface area (Å²) in [6.07, 6.45) is 6.94. The summed E-state index contributed by atoms with van der Waals surface area (Å²) in [6.45, 7) is 15.2. The van der Waals surface area contributed by atoms with Crippen LogP contribution < -0.4 is 10.6 Å². The Balaban J connectivity index is 1.33. The van der Waals surface area contributed by atoms with Gasteiger partial charge in [0.05, 0.1) is 6.10 Å². The molecule has 44 heavy (non-hydrogen) atoms. The molecule has 6 nitrogen and oxygen atoms in total. The molecule has 2 spiro atoms. The van der Waals surface area contributed by atoms with Crippen LogP contribution in [-0.4, -0.2) is 60.5 Å². The van der Waals surface area contributed by atoms with E-state index < -0.39 is 0 Å². The molecule has 1 aromatic rings. The SMILES string of the molecule is CC[C@H](C)C(=O)N[C@H]1CC[C@]23C[C@]24C(=O)C[C@]2(C)[C@@H]([C@H](C)N(C)C)[C@H](O)C[C@@]2(C)[C@@H]4CC[C@H]3[C@]1(C)CNCc1ccccc1. The fourth-order valence-corrected chi connectivity index (χ4v) is 12.2. The number of nitrogens with one attached hydrogen (secondary N) is 2. The molecule has 1 aromatic carbocycles. The lowest BCUT2D eigenvalue weighted by atomic mass is 9.41. The zero-order valence-electron chi connectivity index (χ0n) is 28.7. The van der Waals surface area contributed by atoms with Gasteiger partial charge in [0, 0.05) is 54.3 Å². The number of aliphatic hydroxyl groups excluding tert-OH is 1. The number of carbonyl (C=O) groups is 2. The number of benzene rings is 1. The third-order valence-corrected chi connectivity index (χ3v) is 15.1. The molecule has 3 N–H and O–H groups in total. The van der Waals surface area contributed by atoms with E-state index in [1.165, 1.54) is 5.56 Å². The first kappa shape index (κ1) is 32.2. The summed E-state index contributed by atoms with van der Waals surface area (Å²) < 4.78 is 0. The van der Waals surface area contributed by atoms with Gasteiger partial charge >= 0.3 is 0 Å². The zero-order valence-corrected chi connectivity index (χ0v) is 28.7. The number of amides is 1. The van der Waals surface area contributed by atoms with Crippen molar-refractivity contribution in [2.45, 2.75) is 118 Å². The normalized spacial score (nSPS) is 45.5. The first-order valence-electron chi connectivity index (χ1n) is 17.6. The lowest BCUT2D eigenvalue weighted by molar-refractivity contribution is -0.171. The topological polar surface area (TPSA) is 81.7 Å². The molecule has 0 aliphatic heterocycles. The number of fused-ring (bicyclic) bond motifs is 2. The van der Waals surface area contributed by atoms with E-state index in [-0.39, 0.29) is 63.0 Å². The Morgan fingerprint density at radius 1 is 1.05 bits per heavy atom. The largest absolute Gasteiger partial charge is 0.393 e. The van der Waals surface area contributed by atoms with Crippen LogP contribution in [0.2, 0.25) is 0 Å². The summed E-state index contributed by atoms with van der Waals surface area (Å²) in [5.74, 6) is 1.44. The molecule has 0 heterocycles. The van der Waals surface area contributed by atoms with E-state index in [0.29, 0.717) is 24.0 Å². The highest BCUT2D eigenvalue weighted by Crippen LogP contribution is 2.87. The van der Waals surface area contributed by atoms with E-state index >= 15 is 0 Å². The molecule has 5 saturated carbocycles. The second kappa shape index (κ2) is 10.9. The third-order valence-electron chi connectivity index (χ3n) is 15.1. The van der Waals surface area contributed by atoms with Crippen LogP contribution in [0.4, 0.5) is 0 Å². The highest BCUT2D eigenvalue weighted by atomic mass is 16.3. The second-order valence-corrected chi connectivity index (χ2v) is 16.9. The Kier molecular flexibility index (Phi) is 7.98. The Morgan fingerprint density at radius 3 is 2.39 bits per heavy atom. The maximum Gasteiger partial charge on any atom is 0.223 e. The first-order valence-corrected chi connectivity index (χ1v) is 17.6. The highest BCUT2D eigenvalue weighted by molar-refractivity contribution is 5.92. The van der Waals surface area contributed by atoms with Gasteiger partial charge in [-0.2, -0.15) is 0 Å². The number of rotatable bonds is 9. The van der Waals surface area contributed by atoms with E-state index in [0.717, 1.165) is 58.0 Å². The number of ketones is 1. The molecular weight excluding hydrogens is 546 g/mol. The maximum absolute atomic E-state index is 14.8. The van der Waals surface area contributed by atoms with Crippen LogP contribution in [-0.2, 0) is 16.1 Å². The molecule has 0 aromatic heterocycles. The molecule has 1 amide bonds. The predicted octanol–water partition coefficient (Wildman–Crippen LogP) is 5.83. The summed E-state index contributed by atoms with van der Waals surface area (Å²) in [5.41, 5.74) is 0.587. The lowest BCUT2D eigenvalue weighted by Crippen LogP contribution is -2.65. The monoisotopic (exact) mass is 605 g/mol. The van der Waals surface area contributed by atoms with Crippen molar-refractivity contribution >= 4 is 11.7 Å². The zero-order chi connectivity index (χ0) is 31.9. The average Bonchev–Trinajstić information content (AvgIpc) is 3.62. The van der Waals surface area contributed by atoms with Crippen molar-refractivity contribution < 1.29 is 14.7 Å². The molecule has 5 aliphatic carbocycles. The molecule has 5 fully saturated rings. The minimum atomic E-state index is -0.378. The Bertz CT molecular complexity index is 1270. The van der Waals surface area contributed by atoms with Crippen LogP contribution in [0, 0.1) is 50.7 Å². The van der Waals surface area contributed by atoms with Crippen LogP contribution in [0.15, 0.2) is 30.3 Å². The average molecular weight is 606 g/mol. The minimum absolute atomic E-state index is 0.000681. The van der Waals surface area contributed by atoms with Gasteiger partial charge in [-0.05, 0) is 99.6 Å². The van der Waals surface area contributed by atoms with Gasteiger partial charge in [-0.25, -0.2) is 0 Å². The van der Waals surface area contributed by atoms with Crippen LogP contribution in [0.1, 0.15) is 98.5 Å². The van der Waals surface area contributed by atoms with E-state index in [9.17, 15) is 14.7 Å².